The third-order valence-corrected chi connectivity index (χ3v) is 5.64. The van der Waals surface area contributed by atoms with Crippen molar-refractivity contribution in [3.63, 3.8) is 0 Å². The zero-order chi connectivity index (χ0) is 13.9. The maximum Gasteiger partial charge on any atom is 0.218 e. The molecule has 1 unspecified atom stereocenters. The first-order valence-electron chi connectivity index (χ1n) is 6.81. The molecule has 1 heterocycles. The van der Waals surface area contributed by atoms with Crippen LogP contribution in [0.5, 0.6) is 0 Å². The first-order chi connectivity index (χ1) is 9.05. The van der Waals surface area contributed by atoms with Crippen molar-refractivity contribution in [1.29, 1.82) is 0 Å². The molecule has 1 aromatic carbocycles. The number of hydrogen-bond donors (Lipinski definition) is 1. The van der Waals surface area contributed by atoms with Crippen LogP contribution in [-0.2, 0) is 22.3 Å². The Labute approximate surface area is 115 Å². The number of nitrogens with two attached hydrogens (primary N) is 1. The molecule has 0 spiro atoms. The summed E-state index contributed by atoms with van der Waals surface area (Å²) < 4.78 is 26.3. The van der Waals surface area contributed by atoms with Gasteiger partial charge >= 0.3 is 0 Å². The molecule has 106 valence electrons. The second kappa shape index (κ2) is 6.03. The average molecular weight is 282 g/mol. The summed E-state index contributed by atoms with van der Waals surface area (Å²) >= 11 is 0. The van der Waals surface area contributed by atoms with Crippen LogP contribution in [0.1, 0.15) is 30.9 Å². The summed E-state index contributed by atoms with van der Waals surface area (Å²) in [6.45, 7) is 3.95. The first-order valence-corrected chi connectivity index (χ1v) is 8.41. The third kappa shape index (κ3) is 3.55. The van der Waals surface area contributed by atoms with Gasteiger partial charge in [0.05, 0.1) is 5.75 Å². The molecular formula is C14H22N2O2S. The van der Waals surface area contributed by atoms with Crippen LogP contribution in [0.15, 0.2) is 24.3 Å². The highest BCUT2D eigenvalue weighted by molar-refractivity contribution is 7.88. The van der Waals surface area contributed by atoms with Crippen LogP contribution in [0.3, 0.4) is 0 Å². The minimum absolute atomic E-state index is 0.0916. The van der Waals surface area contributed by atoms with Crippen molar-refractivity contribution in [2.45, 2.75) is 32.1 Å². The van der Waals surface area contributed by atoms with Crippen molar-refractivity contribution < 1.29 is 8.42 Å². The summed E-state index contributed by atoms with van der Waals surface area (Å²) in [6.07, 6.45) is 2.04. The molecule has 1 fully saturated rings. The highest BCUT2D eigenvalue weighted by Crippen LogP contribution is 2.23. The molecule has 2 rings (SSSR count). The monoisotopic (exact) mass is 282 g/mol. The molecule has 19 heavy (non-hydrogen) atoms. The SMILES string of the molecule is CCC1CCN(S(=O)(=O)Cc2ccc(CN)cc2)C1. The van der Waals surface area contributed by atoms with E-state index in [1.165, 1.54) is 0 Å². The third-order valence-electron chi connectivity index (χ3n) is 3.83. The van der Waals surface area contributed by atoms with E-state index < -0.39 is 10.0 Å². The van der Waals surface area contributed by atoms with Gasteiger partial charge in [0, 0.05) is 19.6 Å². The van der Waals surface area contributed by atoms with Gasteiger partial charge < -0.3 is 5.73 Å². The molecule has 1 aliphatic rings. The van der Waals surface area contributed by atoms with Crippen LogP contribution in [0.4, 0.5) is 0 Å². The number of rotatable bonds is 5. The van der Waals surface area contributed by atoms with Gasteiger partial charge in [-0.3, -0.25) is 0 Å². The van der Waals surface area contributed by atoms with Crippen molar-refractivity contribution in [3.8, 4) is 0 Å². The predicted molar refractivity (Wildman–Crippen MR) is 76.9 cm³/mol. The quantitative estimate of drug-likeness (QED) is 0.894. The molecule has 0 bridgehead atoms. The first kappa shape index (κ1) is 14.5. The average Bonchev–Trinajstić information content (AvgIpc) is 2.89. The molecule has 0 aliphatic carbocycles. The van der Waals surface area contributed by atoms with Crippen molar-refractivity contribution >= 4 is 10.0 Å². The highest BCUT2D eigenvalue weighted by atomic mass is 32.2. The van der Waals surface area contributed by atoms with Gasteiger partial charge in [0.1, 0.15) is 0 Å². The summed E-state index contributed by atoms with van der Waals surface area (Å²) in [5.74, 6) is 0.614. The summed E-state index contributed by atoms with van der Waals surface area (Å²) in [7, 11) is -3.17. The maximum atomic E-state index is 12.3. The predicted octanol–water partition coefficient (Wildman–Crippen LogP) is 1.71. The van der Waals surface area contributed by atoms with Gasteiger partial charge in [-0.1, -0.05) is 37.6 Å². The lowest BCUT2D eigenvalue weighted by molar-refractivity contribution is 0.452. The molecule has 0 saturated carbocycles. The Balaban J connectivity index is 2.04. The Hall–Kier alpha value is -0.910. The van der Waals surface area contributed by atoms with Crippen LogP contribution in [0, 0.1) is 5.92 Å². The minimum atomic E-state index is -3.17. The Morgan fingerprint density at radius 3 is 2.42 bits per heavy atom. The molecule has 0 radical (unpaired) electrons. The zero-order valence-corrected chi connectivity index (χ0v) is 12.2. The molecule has 1 aromatic rings. The van der Waals surface area contributed by atoms with Crippen molar-refractivity contribution in [1.82, 2.24) is 4.31 Å². The lowest BCUT2D eigenvalue weighted by Gasteiger charge is -2.16. The lowest BCUT2D eigenvalue weighted by atomic mass is 10.1. The summed E-state index contributed by atoms with van der Waals surface area (Å²) in [5, 5.41) is 0. The fourth-order valence-electron chi connectivity index (χ4n) is 2.46. The van der Waals surface area contributed by atoms with Crippen LogP contribution in [-0.4, -0.2) is 25.8 Å². The Morgan fingerprint density at radius 1 is 1.26 bits per heavy atom. The summed E-state index contributed by atoms with van der Waals surface area (Å²) in [6, 6.07) is 7.49. The summed E-state index contributed by atoms with van der Waals surface area (Å²) in [4.78, 5) is 0. The number of hydrogen-bond acceptors (Lipinski definition) is 3. The molecule has 4 nitrogen and oxygen atoms in total. The van der Waals surface area contributed by atoms with E-state index in [1.54, 1.807) is 4.31 Å². The van der Waals surface area contributed by atoms with E-state index in [0.717, 1.165) is 24.0 Å². The van der Waals surface area contributed by atoms with Gasteiger partial charge in [-0.25, -0.2) is 12.7 Å². The summed E-state index contributed by atoms with van der Waals surface area (Å²) in [5.41, 5.74) is 7.38. The topological polar surface area (TPSA) is 63.4 Å². The van der Waals surface area contributed by atoms with Crippen LogP contribution in [0.25, 0.3) is 0 Å². The van der Waals surface area contributed by atoms with E-state index in [2.05, 4.69) is 6.92 Å². The number of nitrogens with zero attached hydrogens (tertiary/aromatic N) is 1. The molecule has 5 heteroatoms. The molecule has 1 aliphatic heterocycles. The molecule has 0 aromatic heterocycles. The van der Waals surface area contributed by atoms with E-state index in [9.17, 15) is 8.42 Å². The van der Waals surface area contributed by atoms with Gasteiger partial charge in [0.15, 0.2) is 0 Å². The van der Waals surface area contributed by atoms with E-state index in [0.29, 0.717) is 25.6 Å². The smallest absolute Gasteiger partial charge is 0.218 e. The lowest BCUT2D eigenvalue weighted by Crippen LogP contribution is -2.30. The highest BCUT2D eigenvalue weighted by Gasteiger charge is 2.30. The zero-order valence-electron chi connectivity index (χ0n) is 11.4. The Kier molecular flexibility index (Phi) is 4.60. The second-order valence-corrected chi connectivity index (χ2v) is 7.17. The van der Waals surface area contributed by atoms with Crippen molar-refractivity contribution in [2.75, 3.05) is 13.1 Å². The van der Waals surface area contributed by atoms with Gasteiger partial charge in [-0.05, 0) is 23.5 Å². The van der Waals surface area contributed by atoms with Crippen molar-refractivity contribution in [2.24, 2.45) is 11.7 Å². The van der Waals surface area contributed by atoms with Crippen LogP contribution < -0.4 is 5.73 Å². The molecule has 2 N–H and O–H groups in total. The largest absolute Gasteiger partial charge is 0.326 e. The van der Waals surface area contributed by atoms with E-state index >= 15 is 0 Å². The number of sulfonamides is 1. The van der Waals surface area contributed by atoms with Gasteiger partial charge in [-0.15, -0.1) is 0 Å². The normalized spacial score (nSPS) is 20.8. The number of benzene rings is 1. The molecule has 1 atom stereocenters. The maximum absolute atomic E-state index is 12.3. The van der Waals surface area contributed by atoms with Crippen LogP contribution in [0.2, 0.25) is 0 Å². The Bertz CT molecular complexity index is 511. The van der Waals surface area contributed by atoms with Gasteiger partial charge in [-0.2, -0.15) is 0 Å². The molecule has 0 amide bonds. The van der Waals surface area contributed by atoms with Crippen LogP contribution >= 0.6 is 0 Å². The second-order valence-electron chi connectivity index (χ2n) is 5.20. The fourth-order valence-corrected chi connectivity index (χ4v) is 4.07. The molecular weight excluding hydrogens is 260 g/mol. The fraction of sp³-hybridized carbons (Fsp3) is 0.571. The standard InChI is InChI=1S/C14H22N2O2S/c1-2-12-7-8-16(10-12)19(17,18)11-14-5-3-13(9-15)4-6-14/h3-6,12H,2,7-11,15H2,1H3. The molecule has 1 saturated heterocycles. The van der Waals surface area contributed by atoms with E-state index in [4.69, 9.17) is 5.73 Å². The van der Waals surface area contributed by atoms with Gasteiger partial charge in [0.2, 0.25) is 10.0 Å². The van der Waals surface area contributed by atoms with E-state index in [1.807, 2.05) is 24.3 Å². The Morgan fingerprint density at radius 2 is 1.89 bits per heavy atom. The van der Waals surface area contributed by atoms with E-state index in [-0.39, 0.29) is 5.75 Å². The minimum Gasteiger partial charge on any atom is -0.326 e. The van der Waals surface area contributed by atoms with Gasteiger partial charge in [0.25, 0.3) is 0 Å². The van der Waals surface area contributed by atoms with Crippen molar-refractivity contribution in [3.05, 3.63) is 35.4 Å².